The number of thiophene rings is 1. The second-order valence-electron chi connectivity index (χ2n) is 7.43. The van der Waals surface area contributed by atoms with Gasteiger partial charge in [0.05, 0.1) is 10.3 Å². The van der Waals surface area contributed by atoms with E-state index < -0.39 is 0 Å². The van der Waals surface area contributed by atoms with Crippen molar-refractivity contribution in [1.82, 2.24) is 9.13 Å². The van der Waals surface area contributed by atoms with Crippen molar-refractivity contribution in [3.05, 3.63) is 31.3 Å². The van der Waals surface area contributed by atoms with E-state index in [0.717, 1.165) is 32.0 Å². The molecule has 0 amide bonds. The molecule has 2 aromatic rings. The molecule has 0 radical (unpaired) electrons. The van der Waals surface area contributed by atoms with E-state index in [2.05, 4.69) is 6.92 Å². The molecule has 2 fully saturated rings. The number of hydrogen-bond acceptors (Lipinski definition) is 4. The predicted molar refractivity (Wildman–Crippen MR) is 90.5 cm³/mol. The Morgan fingerprint density at radius 3 is 2.52 bits per heavy atom. The summed E-state index contributed by atoms with van der Waals surface area (Å²) in [5.74, 6) is 0.528. The fourth-order valence-electron chi connectivity index (χ4n) is 3.14. The maximum absolute atomic E-state index is 12.9. The first-order chi connectivity index (χ1) is 10.9. The van der Waals surface area contributed by atoms with Crippen LogP contribution < -0.4 is 11.2 Å². The Balaban J connectivity index is 2.01. The van der Waals surface area contributed by atoms with E-state index in [9.17, 15) is 14.4 Å². The van der Waals surface area contributed by atoms with E-state index in [4.69, 9.17) is 0 Å². The number of carbonyl (C=O) groups is 1. The highest BCUT2D eigenvalue weighted by Gasteiger charge is 2.39. The third-order valence-electron chi connectivity index (χ3n) is 5.22. The van der Waals surface area contributed by atoms with Crippen LogP contribution in [0.2, 0.25) is 0 Å². The van der Waals surface area contributed by atoms with Crippen LogP contribution in [0.1, 0.15) is 47.8 Å². The fraction of sp³-hybridized carbons (Fsp3) is 0.588. The van der Waals surface area contributed by atoms with Crippen LogP contribution in [0.25, 0.3) is 10.2 Å². The second kappa shape index (κ2) is 4.90. The van der Waals surface area contributed by atoms with Crippen molar-refractivity contribution in [2.45, 2.75) is 52.6 Å². The van der Waals surface area contributed by atoms with E-state index in [1.54, 1.807) is 11.5 Å². The van der Waals surface area contributed by atoms with Gasteiger partial charge in [0.15, 0.2) is 6.29 Å². The number of fused-ring (bicyclic) bond motifs is 1. The summed E-state index contributed by atoms with van der Waals surface area (Å²) in [4.78, 5) is 38.3. The lowest BCUT2D eigenvalue weighted by molar-refractivity contribution is 0.112. The molecule has 0 saturated heterocycles. The van der Waals surface area contributed by atoms with Gasteiger partial charge in [-0.2, -0.15) is 0 Å². The third kappa shape index (κ3) is 2.40. The minimum atomic E-state index is -0.230. The van der Waals surface area contributed by atoms with Crippen LogP contribution in [-0.2, 0) is 13.1 Å². The lowest BCUT2D eigenvalue weighted by Gasteiger charge is -2.14. The van der Waals surface area contributed by atoms with Gasteiger partial charge in [0.25, 0.3) is 5.56 Å². The lowest BCUT2D eigenvalue weighted by Crippen LogP contribution is -2.41. The predicted octanol–water partition coefficient (Wildman–Crippen LogP) is 2.56. The summed E-state index contributed by atoms with van der Waals surface area (Å²) in [7, 11) is 0. The molecule has 0 spiro atoms. The van der Waals surface area contributed by atoms with Gasteiger partial charge >= 0.3 is 5.69 Å². The summed E-state index contributed by atoms with van der Waals surface area (Å²) in [6.07, 6.45) is 5.17. The van der Waals surface area contributed by atoms with Crippen molar-refractivity contribution in [3.63, 3.8) is 0 Å². The molecule has 0 atom stereocenters. The minimum absolute atomic E-state index is 0.0749. The van der Waals surface area contributed by atoms with Crippen LogP contribution in [0.3, 0.4) is 0 Å². The van der Waals surface area contributed by atoms with Crippen molar-refractivity contribution in [3.8, 4) is 0 Å². The van der Waals surface area contributed by atoms with E-state index in [1.165, 1.54) is 15.9 Å². The Morgan fingerprint density at radius 2 is 1.96 bits per heavy atom. The Bertz CT molecular complexity index is 926. The molecule has 122 valence electrons. The number of hydrogen-bond donors (Lipinski definition) is 0. The Hall–Kier alpha value is -1.69. The summed E-state index contributed by atoms with van der Waals surface area (Å²) in [6.45, 7) is 5.06. The van der Waals surface area contributed by atoms with Gasteiger partial charge in [0.2, 0.25) is 0 Å². The lowest BCUT2D eigenvalue weighted by atomic mass is 10.1. The minimum Gasteiger partial charge on any atom is -0.297 e. The third-order valence-corrected chi connectivity index (χ3v) is 6.46. The zero-order valence-electron chi connectivity index (χ0n) is 13.4. The van der Waals surface area contributed by atoms with Crippen molar-refractivity contribution in [2.75, 3.05) is 0 Å². The molecule has 0 unspecified atom stereocenters. The molecule has 23 heavy (non-hydrogen) atoms. The standard InChI is InChI=1S/C17H20N2O3S/c1-10-12(8-20)23-15-13(10)14(21)19(9-17(2)5-6-17)16(22)18(15)7-11-3-4-11/h8,11H,3-7,9H2,1-2H3. The number of aromatic nitrogens is 2. The molecule has 0 bridgehead atoms. The zero-order valence-corrected chi connectivity index (χ0v) is 14.2. The normalized spacial score (nSPS) is 19.2. The van der Waals surface area contributed by atoms with Crippen molar-refractivity contribution < 1.29 is 4.79 Å². The number of carbonyl (C=O) groups excluding carboxylic acids is 1. The molecule has 2 aliphatic rings. The SMILES string of the molecule is Cc1c(C=O)sc2c1c(=O)n(CC1(C)CC1)c(=O)n2CC1CC1. The average Bonchev–Trinajstić information content (AvgIpc) is 3.43. The van der Waals surface area contributed by atoms with Crippen LogP contribution in [0, 0.1) is 18.3 Å². The molecule has 2 saturated carbocycles. The van der Waals surface area contributed by atoms with Crippen molar-refractivity contribution in [1.29, 1.82) is 0 Å². The molecule has 0 N–H and O–H groups in total. The molecule has 2 aromatic heterocycles. The first-order valence-electron chi connectivity index (χ1n) is 8.15. The highest BCUT2D eigenvalue weighted by Crippen LogP contribution is 2.46. The van der Waals surface area contributed by atoms with Gasteiger partial charge in [-0.25, -0.2) is 4.79 Å². The molecule has 5 nitrogen and oxygen atoms in total. The maximum Gasteiger partial charge on any atom is 0.332 e. The molecule has 0 aromatic carbocycles. The second-order valence-corrected chi connectivity index (χ2v) is 8.46. The Kier molecular flexibility index (Phi) is 3.17. The van der Waals surface area contributed by atoms with Gasteiger partial charge < -0.3 is 0 Å². The van der Waals surface area contributed by atoms with Crippen molar-refractivity contribution >= 4 is 27.8 Å². The number of aryl methyl sites for hydroxylation is 1. The van der Waals surface area contributed by atoms with Crippen LogP contribution in [0.15, 0.2) is 9.59 Å². The van der Waals surface area contributed by atoms with Gasteiger partial charge in [-0.1, -0.05) is 6.92 Å². The van der Waals surface area contributed by atoms with Gasteiger partial charge in [0, 0.05) is 13.1 Å². The molecular weight excluding hydrogens is 312 g/mol. The molecule has 4 rings (SSSR count). The number of aldehydes is 1. The van der Waals surface area contributed by atoms with E-state index >= 15 is 0 Å². The van der Waals surface area contributed by atoms with Crippen molar-refractivity contribution in [2.24, 2.45) is 11.3 Å². The molecule has 2 aliphatic carbocycles. The van der Waals surface area contributed by atoms with Gasteiger partial charge in [-0.3, -0.25) is 18.7 Å². The quantitative estimate of drug-likeness (QED) is 0.791. The van der Waals surface area contributed by atoms with Gasteiger partial charge in [-0.15, -0.1) is 11.3 Å². The summed E-state index contributed by atoms with van der Waals surface area (Å²) in [6, 6.07) is 0. The van der Waals surface area contributed by atoms with E-state index in [1.807, 2.05) is 0 Å². The topological polar surface area (TPSA) is 61.1 Å². The molecule has 2 heterocycles. The summed E-state index contributed by atoms with van der Waals surface area (Å²) >= 11 is 1.27. The zero-order chi connectivity index (χ0) is 16.4. The fourth-order valence-corrected chi connectivity index (χ4v) is 4.25. The van der Waals surface area contributed by atoms with Gasteiger partial charge in [-0.05, 0) is 49.5 Å². The Labute approximate surface area is 137 Å². The summed E-state index contributed by atoms with van der Waals surface area (Å²) in [5, 5.41) is 0.557. The largest absolute Gasteiger partial charge is 0.332 e. The van der Waals surface area contributed by atoms with E-state index in [-0.39, 0.29) is 16.7 Å². The van der Waals surface area contributed by atoms with Crippen LogP contribution in [-0.4, -0.2) is 15.4 Å². The molecule has 0 aliphatic heterocycles. The van der Waals surface area contributed by atoms with Crippen LogP contribution >= 0.6 is 11.3 Å². The van der Waals surface area contributed by atoms with E-state index in [0.29, 0.717) is 39.7 Å². The summed E-state index contributed by atoms with van der Waals surface area (Å²) < 4.78 is 3.15. The summed E-state index contributed by atoms with van der Waals surface area (Å²) in [5.41, 5.74) is 0.350. The number of nitrogens with zero attached hydrogens (tertiary/aromatic N) is 2. The Morgan fingerprint density at radius 1 is 1.26 bits per heavy atom. The average molecular weight is 332 g/mol. The van der Waals surface area contributed by atoms with Gasteiger partial charge in [0.1, 0.15) is 4.83 Å². The first kappa shape index (κ1) is 14.9. The smallest absolute Gasteiger partial charge is 0.297 e. The van der Waals surface area contributed by atoms with Crippen LogP contribution in [0.4, 0.5) is 0 Å². The highest BCUT2D eigenvalue weighted by molar-refractivity contribution is 7.20. The first-order valence-corrected chi connectivity index (χ1v) is 8.97. The number of rotatable bonds is 5. The molecule has 6 heteroatoms. The monoisotopic (exact) mass is 332 g/mol. The van der Waals surface area contributed by atoms with Crippen LogP contribution in [0.5, 0.6) is 0 Å². The highest BCUT2D eigenvalue weighted by atomic mass is 32.1. The molecular formula is C17H20N2O3S. The maximum atomic E-state index is 12.9.